The van der Waals surface area contributed by atoms with Gasteiger partial charge in [-0.3, -0.25) is 0 Å². The van der Waals surface area contributed by atoms with Crippen LogP contribution < -0.4 is 0 Å². The number of aromatic nitrogens is 2. The summed E-state index contributed by atoms with van der Waals surface area (Å²) >= 11 is 0. The van der Waals surface area contributed by atoms with Crippen LogP contribution in [-0.4, -0.2) is 9.13 Å². The zero-order chi connectivity index (χ0) is 36.1. The molecular weight excluding hydrogens is 653 g/mol. The molecule has 11 rings (SSSR count). The third-order valence-electron chi connectivity index (χ3n) is 11.7. The van der Waals surface area contributed by atoms with Crippen molar-refractivity contribution in [2.75, 3.05) is 0 Å². The lowest BCUT2D eigenvalue weighted by Crippen LogP contribution is -2.10. The highest BCUT2D eigenvalue weighted by Gasteiger charge is 2.22. The van der Waals surface area contributed by atoms with Crippen molar-refractivity contribution in [2.45, 2.75) is 26.2 Å². The highest BCUT2D eigenvalue weighted by molar-refractivity contribution is 6.26. The van der Waals surface area contributed by atoms with Crippen LogP contribution in [0.15, 0.2) is 176 Å². The topological polar surface area (TPSA) is 9.86 Å². The fourth-order valence-electron chi connectivity index (χ4n) is 9.15. The molecule has 0 saturated heterocycles. The SMILES string of the molecule is CC(C)(C)c1ccc(-n2c3ccccc3c3cccc(-c4cccc5c6ccccc6n(-c6ccc7c8ccccc8c8ccccc8c7c6)c45)c32)cc1. The van der Waals surface area contributed by atoms with Crippen molar-refractivity contribution >= 4 is 75.9 Å². The Kier molecular flexibility index (Phi) is 6.55. The fraction of sp³-hybridized carbons (Fsp3) is 0.0769. The van der Waals surface area contributed by atoms with E-state index in [4.69, 9.17) is 0 Å². The van der Waals surface area contributed by atoms with Crippen LogP contribution in [0.25, 0.3) is 98.4 Å². The molecule has 54 heavy (non-hydrogen) atoms. The summed E-state index contributed by atoms with van der Waals surface area (Å²) in [4.78, 5) is 0. The van der Waals surface area contributed by atoms with E-state index in [-0.39, 0.29) is 5.41 Å². The van der Waals surface area contributed by atoms with E-state index in [0.29, 0.717) is 0 Å². The predicted octanol–water partition coefficient (Wildman–Crippen LogP) is 14.3. The Morgan fingerprint density at radius 3 is 1.20 bits per heavy atom. The molecule has 2 aromatic heterocycles. The lowest BCUT2D eigenvalue weighted by molar-refractivity contribution is 0.590. The maximum absolute atomic E-state index is 2.51. The van der Waals surface area contributed by atoms with Gasteiger partial charge in [0, 0.05) is 44.0 Å². The summed E-state index contributed by atoms with van der Waals surface area (Å²) in [6, 6.07) is 65.3. The molecule has 0 aliphatic carbocycles. The van der Waals surface area contributed by atoms with Crippen LogP contribution in [-0.2, 0) is 5.41 Å². The number of hydrogen-bond donors (Lipinski definition) is 0. The lowest BCUT2D eigenvalue weighted by Gasteiger charge is -2.20. The first kappa shape index (κ1) is 30.9. The van der Waals surface area contributed by atoms with Crippen molar-refractivity contribution in [3.63, 3.8) is 0 Å². The van der Waals surface area contributed by atoms with Crippen LogP contribution >= 0.6 is 0 Å². The van der Waals surface area contributed by atoms with E-state index in [9.17, 15) is 0 Å². The Hall–Kier alpha value is -6.64. The fourth-order valence-corrected chi connectivity index (χ4v) is 9.15. The molecule has 11 aromatic rings. The van der Waals surface area contributed by atoms with Crippen molar-refractivity contribution in [3.05, 3.63) is 181 Å². The van der Waals surface area contributed by atoms with E-state index in [0.717, 1.165) is 5.69 Å². The molecule has 2 heteroatoms. The third-order valence-corrected chi connectivity index (χ3v) is 11.7. The van der Waals surface area contributed by atoms with Crippen molar-refractivity contribution in [1.82, 2.24) is 9.13 Å². The van der Waals surface area contributed by atoms with Crippen LogP contribution in [0.4, 0.5) is 0 Å². The number of rotatable bonds is 3. The molecule has 0 spiro atoms. The molecule has 0 N–H and O–H groups in total. The number of nitrogens with zero attached hydrogens (tertiary/aromatic N) is 2. The molecule has 0 unspecified atom stereocenters. The normalized spacial score (nSPS) is 12.4. The minimum atomic E-state index is 0.0791. The molecule has 256 valence electrons. The quantitative estimate of drug-likeness (QED) is 0.163. The van der Waals surface area contributed by atoms with E-state index in [2.05, 4.69) is 206 Å². The predicted molar refractivity (Wildman–Crippen MR) is 232 cm³/mol. The Morgan fingerprint density at radius 1 is 0.315 bits per heavy atom. The van der Waals surface area contributed by atoms with Gasteiger partial charge >= 0.3 is 0 Å². The number of hydrogen-bond acceptors (Lipinski definition) is 0. The van der Waals surface area contributed by atoms with Gasteiger partial charge in [-0.15, -0.1) is 0 Å². The van der Waals surface area contributed by atoms with Gasteiger partial charge in [0.25, 0.3) is 0 Å². The molecule has 0 aliphatic heterocycles. The summed E-state index contributed by atoms with van der Waals surface area (Å²) in [6.07, 6.45) is 0. The Bertz CT molecular complexity index is 3260. The van der Waals surface area contributed by atoms with Gasteiger partial charge in [-0.25, -0.2) is 0 Å². The van der Waals surface area contributed by atoms with Gasteiger partial charge in [-0.1, -0.05) is 160 Å². The lowest BCUT2D eigenvalue weighted by atomic mass is 9.87. The van der Waals surface area contributed by atoms with Crippen molar-refractivity contribution < 1.29 is 0 Å². The summed E-state index contributed by atoms with van der Waals surface area (Å²) in [5.41, 5.74) is 11.0. The second-order valence-electron chi connectivity index (χ2n) is 15.7. The molecule has 0 saturated carbocycles. The Morgan fingerprint density at radius 2 is 0.704 bits per heavy atom. The summed E-state index contributed by atoms with van der Waals surface area (Å²) in [5, 5.41) is 12.7. The van der Waals surface area contributed by atoms with Crippen LogP contribution in [0.2, 0.25) is 0 Å². The summed E-state index contributed by atoms with van der Waals surface area (Å²) < 4.78 is 4.99. The summed E-state index contributed by atoms with van der Waals surface area (Å²) in [6.45, 7) is 6.83. The van der Waals surface area contributed by atoms with E-state index < -0.39 is 0 Å². The van der Waals surface area contributed by atoms with Crippen molar-refractivity contribution in [2.24, 2.45) is 0 Å². The van der Waals surface area contributed by atoms with Gasteiger partial charge in [0.2, 0.25) is 0 Å². The average molecular weight is 691 g/mol. The molecule has 0 radical (unpaired) electrons. The highest BCUT2D eigenvalue weighted by atomic mass is 15.0. The monoisotopic (exact) mass is 690 g/mol. The standard InChI is InChI=1S/C52H38N2/c1-52(2,3)33-26-28-34(29-27-33)53-48-24-10-8-18-41(48)43-20-12-22-45(50(43)53)46-23-13-21-44-42-19-9-11-25-49(42)54(51(44)46)35-30-31-40-38-16-5-4-14-36(38)37-15-6-7-17-39(37)47(40)32-35/h4-32H,1-3H3. The van der Waals surface area contributed by atoms with Gasteiger partial charge < -0.3 is 9.13 Å². The largest absolute Gasteiger partial charge is 0.309 e. The molecule has 0 amide bonds. The summed E-state index contributed by atoms with van der Waals surface area (Å²) in [5.74, 6) is 0. The van der Waals surface area contributed by atoms with E-state index in [1.807, 2.05) is 0 Å². The van der Waals surface area contributed by atoms with E-state index >= 15 is 0 Å². The molecule has 0 bridgehead atoms. The minimum Gasteiger partial charge on any atom is -0.309 e. The van der Waals surface area contributed by atoms with Crippen molar-refractivity contribution in [3.8, 4) is 22.5 Å². The first-order valence-corrected chi connectivity index (χ1v) is 18.9. The average Bonchev–Trinajstić information content (AvgIpc) is 3.74. The zero-order valence-corrected chi connectivity index (χ0v) is 30.6. The van der Waals surface area contributed by atoms with Crippen LogP contribution in [0.1, 0.15) is 26.3 Å². The van der Waals surface area contributed by atoms with Gasteiger partial charge in [0.05, 0.1) is 22.1 Å². The van der Waals surface area contributed by atoms with Crippen LogP contribution in [0.3, 0.4) is 0 Å². The number of benzene rings is 9. The maximum atomic E-state index is 2.51. The molecule has 2 nitrogen and oxygen atoms in total. The first-order chi connectivity index (χ1) is 26.5. The molecule has 0 fully saturated rings. The Balaban J connectivity index is 1.25. The maximum Gasteiger partial charge on any atom is 0.0620 e. The Labute approximate surface area is 314 Å². The highest BCUT2D eigenvalue weighted by Crippen LogP contribution is 2.44. The second-order valence-corrected chi connectivity index (χ2v) is 15.7. The van der Waals surface area contributed by atoms with Gasteiger partial charge in [0.15, 0.2) is 0 Å². The van der Waals surface area contributed by atoms with Crippen LogP contribution in [0, 0.1) is 0 Å². The minimum absolute atomic E-state index is 0.0791. The molecular formula is C52H38N2. The van der Waals surface area contributed by atoms with Gasteiger partial charge in [-0.2, -0.15) is 0 Å². The number of para-hydroxylation sites is 4. The summed E-state index contributed by atoms with van der Waals surface area (Å²) in [7, 11) is 0. The second kappa shape index (κ2) is 11.4. The third kappa shape index (κ3) is 4.40. The smallest absolute Gasteiger partial charge is 0.0620 e. The van der Waals surface area contributed by atoms with Crippen LogP contribution in [0.5, 0.6) is 0 Å². The van der Waals surface area contributed by atoms with Crippen molar-refractivity contribution in [1.29, 1.82) is 0 Å². The van der Waals surface area contributed by atoms with Gasteiger partial charge in [-0.05, 0) is 79.7 Å². The zero-order valence-electron chi connectivity index (χ0n) is 30.6. The molecule has 9 aromatic carbocycles. The molecule has 0 atom stereocenters. The van der Waals surface area contributed by atoms with E-state index in [1.165, 1.54) is 98.3 Å². The molecule has 2 heterocycles. The van der Waals surface area contributed by atoms with E-state index in [1.54, 1.807) is 0 Å². The number of fused-ring (bicyclic) bond motifs is 12. The first-order valence-electron chi connectivity index (χ1n) is 18.9. The van der Waals surface area contributed by atoms with Gasteiger partial charge in [0.1, 0.15) is 0 Å². The molecule has 0 aliphatic rings.